The first-order valence-corrected chi connectivity index (χ1v) is 9.31. The second-order valence-electron chi connectivity index (χ2n) is 6.78. The van der Waals surface area contributed by atoms with Gasteiger partial charge in [-0.2, -0.15) is 0 Å². The van der Waals surface area contributed by atoms with Crippen molar-refractivity contribution in [2.75, 3.05) is 44.7 Å². The van der Waals surface area contributed by atoms with Gasteiger partial charge >= 0.3 is 0 Å². The third kappa shape index (κ3) is 4.52. The van der Waals surface area contributed by atoms with Gasteiger partial charge in [0.15, 0.2) is 0 Å². The fourth-order valence-corrected chi connectivity index (χ4v) is 3.59. The molecule has 3 rings (SSSR count). The van der Waals surface area contributed by atoms with Crippen LogP contribution in [-0.2, 0) is 6.42 Å². The third-order valence-corrected chi connectivity index (χ3v) is 5.10. The first kappa shape index (κ1) is 19.0. The van der Waals surface area contributed by atoms with Crippen molar-refractivity contribution in [1.29, 1.82) is 0 Å². The van der Waals surface area contributed by atoms with Gasteiger partial charge < -0.3 is 20.5 Å². The number of para-hydroxylation sites is 3. The minimum atomic E-state index is -0.596. The molecule has 0 radical (unpaired) electrons. The van der Waals surface area contributed by atoms with Gasteiger partial charge in [0, 0.05) is 26.2 Å². The highest BCUT2D eigenvalue weighted by Gasteiger charge is 2.19. The number of hydrogen-bond acceptors (Lipinski definition) is 5. The summed E-state index contributed by atoms with van der Waals surface area (Å²) in [4.78, 5) is 16.1. The molecule has 0 aliphatic carbocycles. The van der Waals surface area contributed by atoms with Crippen LogP contribution in [0.15, 0.2) is 42.5 Å². The van der Waals surface area contributed by atoms with Crippen LogP contribution < -0.4 is 15.4 Å². The number of benzene rings is 2. The van der Waals surface area contributed by atoms with Crippen molar-refractivity contribution in [3.63, 3.8) is 0 Å². The molecular formula is C21H27N3O3. The molecule has 0 unspecified atom stereocenters. The first-order chi connectivity index (χ1) is 13.1. The minimum absolute atomic E-state index is 0.0194. The van der Waals surface area contributed by atoms with Crippen LogP contribution in [0, 0.1) is 0 Å². The van der Waals surface area contributed by atoms with Crippen molar-refractivity contribution < 1.29 is 14.6 Å². The number of anilines is 1. The van der Waals surface area contributed by atoms with Crippen LogP contribution in [0.2, 0.25) is 0 Å². The van der Waals surface area contributed by atoms with E-state index in [0.717, 1.165) is 62.6 Å². The largest absolute Gasteiger partial charge is 0.507 e. The average Bonchev–Trinajstić information content (AvgIpc) is 2.69. The molecule has 2 aromatic carbocycles. The smallest absolute Gasteiger partial charge is 0.252 e. The number of aryl methyl sites for hydroxylation is 1. The van der Waals surface area contributed by atoms with Crippen molar-refractivity contribution in [1.82, 2.24) is 4.90 Å². The summed E-state index contributed by atoms with van der Waals surface area (Å²) in [5, 5.41) is 10.2. The van der Waals surface area contributed by atoms with Crippen LogP contribution in [0.1, 0.15) is 22.3 Å². The Balaban J connectivity index is 1.49. The van der Waals surface area contributed by atoms with E-state index in [-0.39, 0.29) is 11.3 Å². The number of phenols is 1. The standard InChI is InChI=1S/C21H27N3O3/c1-27-19-10-3-2-9-18(19)24-14-12-23(13-15-24)11-5-7-16-6-4-8-17(20(16)25)21(22)26/h2-4,6,8-10,25H,5,7,11-15H2,1H3,(H2,22,26). The molecule has 0 spiro atoms. The number of amides is 1. The van der Waals surface area contributed by atoms with Crippen LogP contribution in [0.5, 0.6) is 11.5 Å². The predicted octanol–water partition coefficient (Wildman–Crippen LogP) is 2.25. The number of rotatable bonds is 7. The van der Waals surface area contributed by atoms with Gasteiger partial charge in [0.05, 0.1) is 18.4 Å². The van der Waals surface area contributed by atoms with Crippen molar-refractivity contribution in [2.24, 2.45) is 5.73 Å². The van der Waals surface area contributed by atoms with E-state index in [1.165, 1.54) is 0 Å². The summed E-state index contributed by atoms with van der Waals surface area (Å²) in [5.41, 5.74) is 7.41. The van der Waals surface area contributed by atoms with E-state index in [1.54, 1.807) is 19.2 Å². The number of methoxy groups -OCH3 is 1. The van der Waals surface area contributed by atoms with E-state index in [1.807, 2.05) is 24.3 Å². The number of nitrogens with two attached hydrogens (primary N) is 1. The number of carbonyl (C=O) groups is 1. The fourth-order valence-electron chi connectivity index (χ4n) is 3.59. The van der Waals surface area contributed by atoms with Crippen LogP contribution in [-0.4, -0.2) is 55.7 Å². The summed E-state index contributed by atoms with van der Waals surface area (Å²) in [6, 6.07) is 13.3. The van der Waals surface area contributed by atoms with Crippen molar-refractivity contribution >= 4 is 11.6 Å². The molecule has 2 aromatic rings. The minimum Gasteiger partial charge on any atom is -0.507 e. The average molecular weight is 369 g/mol. The van der Waals surface area contributed by atoms with Gasteiger partial charge in [-0.05, 0) is 43.1 Å². The molecule has 1 amide bonds. The highest BCUT2D eigenvalue weighted by molar-refractivity contribution is 5.95. The summed E-state index contributed by atoms with van der Waals surface area (Å²) >= 11 is 0. The Bertz CT molecular complexity index is 786. The monoisotopic (exact) mass is 369 g/mol. The molecule has 0 bridgehead atoms. The lowest BCUT2D eigenvalue weighted by Gasteiger charge is -2.36. The Morgan fingerprint density at radius 2 is 1.85 bits per heavy atom. The van der Waals surface area contributed by atoms with E-state index < -0.39 is 5.91 Å². The number of ether oxygens (including phenoxy) is 1. The Morgan fingerprint density at radius 3 is 2.56 bits per heavy atom. The fraction of sp³-hybridized carbons (Fsp3) is 0.381. The van der Waals surface area contributed by atoms with Gasteiger partial charge in [-0.3, -0.25) is 9.69 Å². The van der Waals surface area contributed by atoms with E-state index >= 15 is 0 Å². The summed E-state index contributed by atoms with van der Waals surface area (Å²) in [7, 11) is 1.71. The highest BCUT2D eigenvalue weighted by atomic mass is 16.5. The van der Waals surface area contributed by atoms with Crippen LogP contribution in [0.25, 0.3) is 0 Å². The molecule has 1 heterocycles. The van der Waals surface area contributed by atoms with E-state index in [9.17, 15) is 9.90 Å². The topological polar surface area (TPSA) is 79.0 Å². The predicted molar refractivity (Wildman–Crippen MR) is 107 cm³/mol. The lowest BCUT2D eigenvalue weighted by Crippen LogP contribution is -2.46. The molecule has 27 heavy (non-hydrogen) atoms. The molecule has 1 saturated heterocycles. The van der Waals surface area contributed by atoms with Gasteiger partial charge in [-0.25, -0.2) is 0 Å². The van der Waals surface area contributed by atoms with E-state index in [2.05, 4.69) is 15.9 Å². The van der Waals surface area contributed by atoms with Gasteiger partial charge in [-0.15, -0.1) is 0 Å². The van der Waals surface area contributed by atoms with Gasteiger partial charge in [0.25, 0.3) is 5.91 Å². The number of aromatic hydroxyl groups is 1. The Kier molecular flexibility index (Phi) is 6.19. The highest BCUT2D eigenvalue weighted by Crippen LogP contribution is 2.28. The molecule has 6 heteroatoms. The Morgan fingerprint density at radius 1 is 1.11 bits per heavy atom. The Labute approximate surface area is 160 Å². The Hall–Kier alpha value is -2.73. The number of piperazine rings is 1. The third-order valence-electron chi connectivity index (χ3n) is 5.10. The first-order valence-electron chi connectivity index (χ1n) is 9.31. The summed E-state index contributed by atoms with van der Waals surface area (Å²) in [6.45, 7) is 4.86. The molecule has 3 N–H and O–H groups in total. The normalized spacial score (nSPS) is 14.9. The lowest BCUT2D eigenvalue weighted by molar-refractivity contribution is 0.0997. The molecule has 0 aromatic heterocycles. The van der Waals surface area contributed by atoms with Crippen LogP contribution >= 0.6 is 0 Å². The summed E-state index contributed by atoms with van der Waals surface area (Å²) < 4.78 is 5.47. The summed E-state index contributed by atoms with van der Waals surface area (Å²) in [6.07, 6.45) is 1.64. The number of primary amides is 1. The number of nitrogens with zero attached hydrogens (tertiary/aromatic N) is 2. The van der Waals surface area contributed by atoms with E-state index in [0.29, 0.717) is 0 Å². The second kappa shape index (κ2) is 8.77. The maximum absolute atomic E-state index is 11.3. The molecule has 1 fully saturated rings. The zero-order chi connectivity index (χ0) is 19.2. The second-order valence-corrected chi connectivity index (χ2v) is 6.78. The van der Waals surface area contributed by atoms with Gasteiger partial charge in [-0.1, -0.05) is 24.3 Å². The van der Waals surface area contributed by atoms with Crippen LogP contribution in [0.3, 0.4) is 0 Å². The molecule has 0 saturated carbocycles. The molecular weight excluding hydrogens is 342 g/mol. The van der Waals surface area contributed by atoms with E-state index in [4.69, 9.17) is 10.5 Å². The molecule has 1 aliphatic rings. The zero-order valence-corrected chi connectivity index (χ0v) is 15.7. The summed E-state index contributed by atoms with van der Waals surface area (Å²) in [5.74, 6) is 0.337. The maximum Gasteiger partial charge on any atom is 0.252 e. The molecule has 144 valence electrons. The quantitative estimate of drug-likeness (QED) is 0.783. The SMILES string of the molecule is COc1ccccc1N1CCN(CCCc2cccc(C(N)=O)c2O)CC1. The van der Waals surface area contributed by atoms with Crippen molar-refractivity contribution in [3.8, 4) is 11.5 Å². The van der Waals surface area contributed by atoms with Crippen LogP contribution in [0.4, 0.5) is 5.69 Å². The van der Waals surface area contributed by atoms with Crippen molar-refractivity contribution in [2.45, 2.75) is 12.8 Å². The molecule has 0 atom stereocenters. The van der Waals surface area contributed by atoms with Crippen molar-refractivity contribution in [3.05, 3.63) is 53.6 Å². The molecule has 6 nitrogen and oxygen atoms in total. The maximum atomic E-state index is 11.3. The lowest BCUT2D eigenvalue weighted by atomic mass is 10.0. The van der Waals surface area contributed by atoms with Gasteiger partial charge in [0.2, 0.25) is 0 Å². The van der Waals surface area contributed by atoms with Gasteiger partial charge in [0.1, 0.15) is 11.5 Å². The number of hydrogen-bond donors (Lipinski definition) is 2. The molecule has 1 aliphatic heterocycles. The number of carbonyl (C=O) groups excluding carboxylic acids is 1. The zero-order valence-electron chi connectivity index (χ0n) is 15.7.